The van der Waals surface area contributed by atoms with Gasteiger partial charge in [-0.2, -0.15) is 0 Å². The zero-order valence-corrected chi connectivity index (χ0v) is 14.6. The molecule has 1 saturated carbocycles. The lowest BCUT2D eigenvalue weighted by Gasteiger charge is -2.30. The summed E-state index contributed by atoms with van der Waals surface area (Å²) in [6.45, 7) is 1.64. The Morgan fingerprint density at radius 2 is 2.00 bits per heavy atom. The van der Waals surface area contributed by atoms with Crippen LogP contribution in [-0.4, -0.2) is 41.1 Å². The number of nitrogens with zero attached hydrogens (tertiary/aromatic N) is 1. The van der Waals surface area contributed by atoms with Crippen molar-refractivity contribution in [3.8, 4) is 11.3 Å². The highest BCUT2D eigenvalue weighted by molar-refractivity contribution is 5.77. The van der Waals surface area contributed by atoms with Crippen LogP contribution in [0.5, 0.6) is 0 Å². The van der Waals surface area contributed by atoms with E-state index >= 15 is 0 Å². The molecule has 2 aromatic rings. The summed E-state index contributed by atoms with van der Waals surface area (Å²) in [6, 6.07) is 14.8. The van der Waals surface area contributed by atoms with E-state index in [0.717, 1.165) is 50.2 Å². The third kappa shape index (κ3) is 3.64. The normalized spacial score (nSPS) is 23.3. The van der Waals surface area contributed by atoms with E-state index in [1.54, 1.807) is 0 Å². The number of carbonyl (C=O) groups excluding carboxylic acids is 1. The first kappa shape index (κ1) is 16.4. The molecule has 1 saturated heterocycles. The largest absolute Gasteiger partial charge is 0.376 e. The Bertz CT molecular complexity index is 710. The number of aryl methyl sites for hydroxylation is 1. The molecule has 1 aliphatic heterocycles. The third-order valence-corrected chi connectivity index (χ3v) is 5.45. The van der Waals surface area contributed by atoms with Crippen LogP contribution in [0.3, 0.4) is 0 Å². The summed E-state index contributed by atoms with van der Waals surface area (Å²) in [4.78, 5) is 18.4. The van der Waals surface area contributed by atoms with Gasteiger partial charge in [0.2, 0.25) is 5.91 Å². The number of ether oxygens (including phenoxy) is 1. The minimum absolute atomic E-state index is 0.265. The summed E-state index contributed by atoms with van der Waals surface area (Å²) < 4.78 is 5.92. The van der Waals surface area contributed by atoms with Crippen LogP contribution in [0.1, 0.15) is 37.8 Å². The first-order valence-electron chi connectivity index (χ1n) is 9.45. The maximum absolute atomic E-state index is 12.8. The molecular weight excluding hydrogens is 312 g/mol. The van der Waals surface area contributed by atoms with E-state index < -0.39 is 0 Å². The molecular formula is C21H26N2O2. The van der Waals surface area contributed by atoms with Gasteiger partial charge in [0.1, 0.15) is 0 Å². The minimum Gasteiger partial charge on any atom is -0.376 e. The molecule has 4 heteroatoms. The number of rotatable bonds is 4. The van der Waals surface area contributed by atoms with Gasteiger partial charge in [-0.25, -0.2) is 0 Å². The van der Waals surface area contributed by atoms with Crippen LogP contribution < -0.4 is 0 Å². The average Bonchev–Trinajstić information content (AvgIpc) is 3.26. The second kappa shape index (κ2) is 7.44. The lowest BCUT2D eigenvalue weighted by molar-refractivity contribution is -0.134. The molecule has 132 valence electrons. The predicted octanol–water partition coefficient (Wildman–Crippen LogP) is 3.78. The molecule has 1 aromatic heterocycles. The molecule has 2 fully saturated rings. The zero-order chi connectivity index (χ0) is 17.1. The van der Waals surface area contributed by atoms with Crippen LogP contribution in [0.15, 0.2) is 42.5 Å². The summed E-state index contributed by atoms with van der Waals surface area (Å²) >= 11 is 0. The van der Waals surface area contributed by atoms with Crippen LogP contribution in [0.4, 0.5) is 0 Å². The van der Waals surface area contributed by atoms with Crippen molar-refractivity contribution in [2.75, 3.05) is 13.2 Å². The third-order valence-electron chi connectivity index (χ3n) is 5.45. The number of H-pyrrole nitrogens is 1. The number of aromatic nitrogens is 1. The van der Waals surface area contributed by atoms with Gasteiger partial charge >= 0.3 is 0 Å². The second-order valence-corrected chi connectivity index (χ2v) is 7.11. The van der Waals surface area contributed by atoms with Gasteiger partial charge in [0, 0.05) is 31.0 Å². The fourth-order valence-corrected chi connectivity index (χ4v) is 4.16. The molecule has 4 rings (SSSR count). The highest BCUT2D eigenvalue weighted by Crippen LogP contribution is 2.29. The van der Waals surface area contributed by atoms with Crippen molar-refractivity contribution in [1.29, 1.82) is 0 Å². The van der Waals surface area contributed by atoms with Crippen LogP contribution >= 0.6 is 0 Å². The molecule has 2 atom stereocenters. The summed E-state index contributed by atoms with van der Waals surface area (Å²) in [5, 5.41) is 0. The van der Waals surface area contributed by atoms with Crippen molar-refractivity contribution in [1.82, 2.24) is 9.88 Å². The second-order valence-electron chi connectivity index (χ2n) is 7.11. The Morgan fingerprint density at radius 3 is 2.88 bits per heavy atom. The van der Waals surface area contributed by atoms with Crippen molar-refractivity contribution in [2.24, 2.45) is 0 Å². The quantitative estimate of drug-likeness (QED) is 0.922. The SMILES string of the molecule is O=C(CCc1ccc(-c2ccccc2)[nH]1)N1CCCO[C@H]2CCC[C@@H]21. The molecule has 1 aliphatic carbocycles. The minimum atomic E-state index is 0.265. The van der Waals surface area contributed by atoms with Gasteiger partial charge in [0.15, 0.2) is 0 Å². The van der Waals surface area contributed by atoms with E-state index in [1.807, 2.05) is 18.2 Å². The van der Waals surface area contributed by atoms with Crippen LogP contribution in [-0.2, 0) is 16.0 Å². The summed E-state index contributed by atoms with van der Waals surface area (Å²) in [5.74, 6) is 0.276. The number of carbonyl (C=O) groups is 1. The molecule has 2 aliphatic rings. The maximum atomic E-state index is 12.8. The molecule has 2 heterocycles. The van der Waals surface area contributed by atoms with Crippen molar-refractivity contribution in [3.63, 3.8) is 0 Å². The van der Waals surface area contributed by atoms with Crippen LogP contribution in [0, 0.1) is 0 Å². The van der Waals surface area contributed by atoms with Gasteiger partial charge in [-0.1, -0.05) is 30.3 Å². The van der Waals surface area contributed by atoms with Gasteiger partial charge < -0.3 is 14.6 Å². The van der Waals surface area contributed by atoms with E-state index in [4.69, 9.17) is 4.74 Å². The van der Waals surface area contributed by atoms with Crippen molar-refractivity contribution in [2.45, 2.75) is 50.7 Å². The molecule has 0 spiro atoms. The predicted molar refractivity (Wildman–Crippen MR) is 98.3 cm³/mol. The van der Waals surface area contributed by atoms with Gasteiger partial charge in [-0.05, 0) is 49.8 Å². The molecule has 25 heavy (non-hydrogen) atoms. The average molecular weight is 338 g/mol. The van der Waals surface area contributed by atoms with E-state index in [-0.39, 0.29) is 12.0 Å². The maximum Gasteiger partial charge on any atom is 0.223 e. The molecule has 0 radical (unpaired) electrons. The van der Waals surface area contributed by atoms with E-state index in [9.17, 15) is 4.79 Å². The van der Waals surface area contributed by atoms with Crippen LogP contribution in [0.25, 0.3) is 11.3 Å². The van der Waals surface area contributed by atoms with E-state index in [1.165, 1.54) is 12.0 Å². The van der Waals surface area contributed by atoms with E-state index in [2.05, 4.69) is 34.1 Å². The number of amides is 1. The van der Waals surface area contributed by atoms with Crippen molar-refractivity contribution < 1.29 is 9.53 Å². The topological polar surface area (TPSA) is 45.3 Å². The summed E-state index contributed by atoms with van der Waals surface area (Å²) in [5.41, 5.74) is 3.42. The standard InChI is InChI=1S/C21H26N2O2/c24-21(23-14-5-15-25-20-9-4-8-19(20)23)13-11-17-10-12-18(22-17)16-6-2-1-3-7-16/h1-3,6-7,10,12,19-20,22H,4-5,8-9,11,13-15H2/t19-,20-/m0/s1. The molecule has 1 aromatic carbocycles. The molecule has 0 unspecified atom stereocenters. The Kier molecular flexibility index (Phi) is 4.88. The smallest absolute Gasteiger partial charge is 0.223 e. The van der Waals surface area contributed by atoms with Gasteiger partial charge in [-0.15, -0.1) is 0 Å². The Morgan fingerprint density at radius 1 is 1.12 bits per heavy atom. The first-order valence-corrected chi connectivity index (χ1v) is 9.45. The molecule has 1 N–H and O–H groups in total. The van der Waals surface area contributed by atoms with Gasteiger partial charge in [-0.3, -0.25) is 4.79 Å². The lowest BCUT2D eigenvalue weighted by Crippen LogP contribution is -2.43. The Balaban J connectivity index is 1.38. The first-order chi connectivity index (χ1) is 12.3. The number of hydrogen-bond acceptors (Lipinski definition) is 2. The lowest BCUT2D eigenvalue weighted by atomic mass is 10.1. The number of nitrogens with one attached hydrogen (secondary N) is 1. The fourth-order valence-electron chi connectivity index (χ4n) is 4.16. The Labute approximate surface area is 149 Å². The van der Waals surface area contributed by atoms with E-state index in [0.29, 0.717) is 12.5 Å². The number of benzene rings is 1. The highest BCUT2D eigenvalue weighted by atomic mass is 16.5. The van der Waals surface area contributed by atoms with Crippen molar-refractivity contribution >= 4 is 5.91 Å². The van der Waals surface area contributed by atoms with Crippen molar-refractivity contribution in [3.05, 3.63) is 48.2 Å². The van der Waals surface area contributed by atoms with Crippen LogP contribution in [0.2, 0.25) is 0 Å². The zero-order valence-electron chi connectivity index (χ0n) is 14.6. The summed E-state index contributed by atoms with van der Waals surface area (Å²) in [7, 11) is 0. The summed E-state index contributed by atoms with van der Waals surface area (Å²) in [6.07, 6.45) is 5.93. The number of aromatic amines is 1. The number of fused-ring (bicyclic) bond motifs is 1. The molecule has 1 amide bonds. The Hall–Kier alpha value is -2.07. The monoisotopic (exact) mass is 338 g/mol. The number of hydrogen-bond donors (Lipinski definition) is 1. The van der Waals surface area contributed by atoms with Gasteiger partial charge in [0.05, 0.1) is 12.1 Å². The fraction of sp³-hybridized carbons (Fsp3) is 0.476. The van der Waals surface area contributed by atoms with Gasteiger partial charge in [0.25, 0.3) is 0 Å². The molecule has 0 bridgehead atoms. The highest BCUT2D eigenvalue weighted by Gasteiger charge is 2.36. The molecule has 4 nitrogen and oxygen atoms in total.